The van der Waals surface area contributed by atoms with Crippen LogP contribution in [0.4, 0.5) is 11.4 Å². The predicted molar refractivity (Wildman–Crippen MR) is 96.2 cm³/mol. The fourth-order valence-corrected chi connectivity index (χ4v) is 2.23. The molecule has 118 valence electrons. The van der Waals surface area contributed by atoms with Gasteiger partial charge >= 0.3 is 0 Å². The molecule has 5 heteroatoms. The minimum atomic E-state index is -0.429. The van der Waals surface area contributed by atoms with Gasteiger partial charge in [0.15, 0.2) is 0 Å². The lowest BCUT2D eigenvalue weighted by molar-refractivity contribution is -0.384. The van der Waals surface area contributed by atoms with E-state index in [1.807, 2.05) is 42.5 Å². The van der Waals surface area contributed by atoms with Crippen molar-refractivity contribution in [1.29, 1.82) is 0 Å². The van der Waals surface area contributed by atoms with Crippen LogP contribution in [0.15, 0.2) is 84.0 Å². The number of hydrogen-bond donors (Lipinski definition) is 1. The van der Waals surface area contributed by atoms with E-state index >= 15 is 0 Å². The van der Waals surface area contributed by atoms with Crippen LogP contribution in [-0.4, -0.2) is 11.1 Å². The third-order valence-corrected chi connectivity index (χ3v) is 3.50. The minimum Gasteiger partial charge on any atom is -0.278 e. The molecule has 0 atom stereocenters. The van der Waals surface area contributed by atoms with Crippen LogP contribution in [0.5, 0.6) is 0 Å². The summed E-state index contributed by atoms with van der Waals surface area (Å²) in [6.45, 7) is 0. The Kier molecular flexibility index (Phi) is 4.62. The van der Waals surface area contributed by atoms with Crippen LogP contribution >= 0.6 is 0 Å². The Hall–Kier alpha value is -3.47. The van der Waals surface area contributed by atoms with Crippen molar-refractivity contribution >= 4 is 17.6 Å². The summed E-state index contributed by atoms with van der Waals surface area (Å²) in [5.41, 5.74) is 6.88. The van der Waals surface area contributed by atoms with Crippen LogP contribution in [0.3, 0.4) is 0 Å². The number of nitrogens with zero attached hydrogens (tertiary/aromatic N) is 2. The number of nitrogens with one attached hydrogen (secondary N) is 1. The van der Waals surface area contributed by atoms with Crippen LogP contribution in [0, 0.1) is 10.1 Å². The van der Waals surface area contributed by atoms with E-state index in [9.17, 15) is 10.1 Å². The molecule has 0 aliphatic carbocycles. The smallest absolute Gasteiger partial charge is 0.269 e. The maximum absolute atomic E-state index is 10.6. The van der Waals surface area contributed by atoms with Gasteiger partial charge in [-0.15, -0.1) is 0 Å². The zero-order valence-corrected chi connectivity index (χ0v) is 12.8. The number of rotatable bonds is 5. The lowest BCUT2D eigenvalue weighted by Gasteiger charge is -2.02. The van der Waals surface area contributed by atoms with Crippen molar-refractivity contribution in [2.45, 2.75) is 0 Å². The molecular weight excluding hydrogens is 302 g/mol. The lowest BCUT2D eigenvalue weighted by Crippen LogP contribution is -1.92. The number of benzene rings is 3. The molecular formula is C19H15N3O2. The zero-order valence-electron chi connectivity index (χ0n) is 12.8. The van der Waals surface area contributed by atoms with Gasteiger partial charge < -0.3 is 0 Å². The minimum absolute atomic E-state index is 0.0565. The van der Waals surface area contributed by atoms with Crippen molar-refractivity contribution in [2.75, 3.05) is 5.43 Å². The number of nitro groups is 1. The van der Waals surface area contributed by atoms with Crippen molar-refractivity contribution in [2.24, 2.45) is 5.10 Å². The standard InChI is InChI=1S/C19H15N3O2/c23-22(24)19-12-10-18(11-13-19)21-20-14-15-6-8-17(9-7-15)16-4-2-1-3-5-16/h1-14,21H/b20-14+. The van der Waals surface area contributed by atoms with E-state index in [2.05, 4.69) is 22.7 Å². The second-order valence-corrected chi connectivity index (χ2v) is 5.16. The van der Waals surface area contributed by atoms with E-state index in [1.54, 1.807) is 18.3 Å². The quantitative estimate of drug-likeness (QED) is 0.421. The summed E-state index contributed by atoms with van der Waals surface area (Å²) in [6, 6.07) is 24.3. The van der Waals surface area contributed by atoms with Crippen LogP contribution in [0.25, 0.3) is 11.1 Å². The molecule has 0 aliphatic heterocycles. The zero-order chi connectivity index (χ0) is 16.8. The average molecular weight is 317 g/mol. The second kappa shape index (κ2) is 7.19. The molecule has 0 unspecified atom stereocenters. The van der Waals surface area contributed by atoms with Crippen LogP contribution in [-0.2, 0) is 0 Å². The van der Waals surface area contributed by atoms with Gasteiger partial charge in [0, 0.05) is 12.1 Å². The van der Waals surface area contributed by atoms with Crippen molar-refractivity contribution in [3.8, 4) is 11.1 Å². The molecule has 0 saturated carbocycles. The molecule has 0 heterocycles. The number of hydrogen-bond acceptors (Lipinski definition) is 4. The maximum Gasteiger partial charge on any atom is 0.269 e. The first-order chi connectivity index (χ1) is 11.7. The summed E-state index contributed by atoms with van der Waals surface area (Å²) in [6.07, 6.45) is 1.70. The molecule has 0 bridgehead atoms. The molecule has 3 aromatic rings. The Morgan fingerprint density at radius 2 is 1.46 bits per heavy atom. The predicted octanol–water partition coefficient (Wildman–Crippen LogP) is 4.71. The lowest BCUT2D eigenvalue weighted by atomic mass is 10.0. The van der Waals surface area contributed by atoms with Gasteiger partial charge in [-0.05, 0) is 28.8 Å². The fraction of sp³-hybridized carbons (Fsp3) is 0. The number of hydrazone groups is 1. The molecule has 1 N–H and O–H groups in total. The summed E-state index contributed by atoms with van der Waals surface area (Å²) in [7, 11) is 0. The summed E-state index contributed by atoms with van der Waals surface area (Å²) >= 11 is 0. The Bertz CT molecular complexity index is 842. The SMILES string of the molecule is O=[N+]([O-])c1ccc(N/N=C/c2ccc(-c3ccccc3)cc2)cc1. The van der Waals surface area contributed by atoms with Crippen LogP contribution in [0.2, 0.25) is 0 Å². The van der Waals surface area contributed by atoms with E-state index in [1.165, 1.54) is 17.7 Å². The number of nitro benzene ring substituents is 1. The average Bonchev–Trinajstić information content (AvgIpc) is 2.63. The molecule has 0 saturated heterocycles. The van der Waals surface area contributed by atoms with Gasteiger partial charge in [0.05, 0.1) is 16.8 Å². The van der Waals surface area contributed by atoms with Crippen LogP contribution in [0.1, 0.15) is 5.56 Å². The van der Waals surface area contributed by atoms with Crippen molar-refractivity contribution < 1.29 is 4.92 Å². The summed E-state index contributed by atoms with van der Waals surface area (Å²) in [5.74, 6) is 0. The Labute approximate surface area is 139 Å². The van der Waals surface area contributed by atoms with Gasteiger partial charge in [-0.3, -0.25) is 15.5 Å². The van der Waals surface area contributed by atoms with Crippen molar-refractivity contribution in [3.63, 3.8) is 0 Å². The van der Waals surface area contributed by atoms with Gasteiger partial charge in [-0.2, -0.15) is 5.10 Å². The summed E-state index contributed by atoms with van der Waals surface area (Å²) in [4.78, 5) is 10.2. The molecule has 0 fully saturated rings. The first kappa shape index (κ1) is 15.4. The maximum atomic E-state index is 10.6. The van der Waals surface area contributed by atoms with E-state index in [0.717, 1.165) is 11.1 Å². The molecule has 0 aromatic heterocycles. The molecule has 0 spiro atoms. The molecule has 0 aliphatic rings. The fourth-order valence-electron chi connectivity index (χ4n) is 2.23. The van der Waals surface area contributed by atoms with Gasteiger partial charge in [0.25, 0.3) is 5.69 Å². The second-order valence-electron chi connectivity index (χ2n) is 5.16. The van der Waals surface area contributed by atoms with Crippen LogP contribution < -0.4 is 5.43 Å². The van der Waals surface area contributed by atoms with Gasteiger partial charge in [-0.1, -0.05) is 54.6 Å². The highest BCUT2D eigenvalue weighted by atomic mass is 16.6. The third-order valence-electron chi connectivity index (χ3n) is 3.50. The van der Waals surface area contributed by atoms with E-state index < -0.39 is 4.92 Å². The highest BCUT2D eigenvalue weighted by Gasteiger charge is 2.02. The molecule has 0 radical (unpaired) electrons. The Morgan fingerprint density at radius 1 is 0.833 bits per heavy atom. The molecule has 0 amide bonds. The largest absolute Gasteiger partial charge is 0.278 e. The number of anilines is 1. The molecule has 3 rings (SSSR count). The van der Waals surface area contributed by atoms with Gasteiger partial charge in [0.1, 0.15) is 0 Å². The van der Waals surface area contributed by atoms with E-state index in [0.29, 0.717) is 5.69 Å². The van der Waals surface area contributed by atoms with E-state index in [-0.39, 0.29) is 5.69 Å². The van der Waals surface area contributed by atoms with Crippen molar-refractivity contribution in [1.82, 2.24) is 0 Å². The molecule has 24 heavy (non-hydrogen) atoms. The topological polar surface area (TPSA) is 67.5 Å². The first-order valence-corrected chi connectivity index (χ1v) is 7.41. The third kappa shape index (κ3) is 3.84. The van der Waals surface area contributed by atoms with E-state index in [4.69, 9.17) is 0 Å². The summed E-state index contributed by atoms with van der Waals surface area (Å²) in [5, 5.41) is 14.7. The highest BCUT2D eigenvalue weighted by molar-refractivity contribution is 5.81. The molecule has 5 nitrogen and oxygen atoms in total. The number of non-ortho nitro benzene ring substituents is 1. The van der Waals surface area contributed by atoms with Gasteiger partial charge in [0.2, 0.25) is 0 Å². The normalized spacial score (nSPS) is 10.7. The molecule has 3 aromatic carbocycles. The first-order valence-electron chi connectivity index (χ1n) is 7.41. The Balaban J connectivity index is 1.63. The highest BCUT2D eigenvalue weighted by Crippen LogP contribution is 2.19. The van der Waals surface area contributed by atoms with Crippen molar-refractivity contribution in [3.05, 3.63) is 94.5 Å². The monoisotopic (exact) mass is 317 g/mol. The van der Waals surface area contributed by atoms with Gasteiger partial charge in [-0.25, -0.2) is 0 Å². The summed E-state index contributed by atoms with van der Waals surface area (Å²) < 4.78 is 0. The Morgan fingerprint density at radius 3 is 2.08 bits per heavy atom.